The van der Waals surface area contributed by atoms with Crippen LogP contribution in [0.3, 0.4) is 0 Å². The summed E-state index contributed by atoms with van der Waals surface area (Å²) >= 11 is 0. The van der Waals surface area contributed by atoms with Gasteiger partial charge in [0, 0.05) is 11.1 Å². The fraction of sp³-hybridized carbons (Fsp3) is 0.0714. The van der Waals surface area contributed by atoms with Crippen LogP contribution in [0.25, 0.3) is 0 Å². The molecule has 3 nitrogen and oxygen atoms in total. The van der Waals surface area contributed by atoms with Gasteiger partial charge in [0.25, 0.3) is 0 Å². The smallest absolute Gasteiger partial charge is 0.186 e. The van der Waals surface area contributed by atoms with Crippen molar-refractivity contribution < 1.29 is 14.6 Å². The molecule has 0 bridgehead atoms. The Morgan fingerprint density at radius 1 is 1.06 bits per heavy atom. The van der Waals surface area contributed by atoms with Gasteiger partial charge >= 0.3 is 0 Å². The van der Waals surface area contributed by atoms with Crippen molar-refractivity contribution in [1.82, 2.24) is 0 Å². The molecule has 2 aliphatic carbocycles. The predicted molar refractivity (Wildman–Crippen MR) is 62.6 cm³/mol. The molecule has 0 fully saturated rings. The Morgan fingerprint density at radius 3 is 2.94 bits per heavy atom. The van der Waals surface area contributed by atoms with Gasteiger partial charge in [0.2, 0.25) is 0 Å². The zero-order chi connectivity index (χ0) is 11.7. The minimum atomic E-state index is -0.334. The van der Waals surface area contributed by atoms with Gasteiger partial charge in [-0.05, 0) is 23.8 Å². The van der Waals surface area contributed by atoms with E-state index in [4.69, 9.17) is 9.78 Å². The Balaban J connectivity index is 2.20. The predicted octanol–water partition coefficient (Wildman–Crippen LogP) is 2.32. The number of fused-ring (bicyclic) bond motifs is 2. The average molecular weight is 226 g/mol. The molecule has 0 aromatic heterocycles. The Kier molecular flexibility index (Phi) is 2.38. The van der Waals surface area contributed by atoms with Crippen molar-refractivity contribution >= 4 is 5.78 Å². The third kappa shape index (κ3) is 1.70. The molecule has 1 aliphatic heterocycles. The van der Waals surface area contributed by atoms with Gasteiger partial charge in [-0.25, -0.2) is 0 Å². The first-order chi connectivity index (χ1) is 8.36. The summed E-state index contributed by atoms with van der Waals surface area (Å²) in [7, 11) is 0. The van der Waals surface area contributed by atoms with Crippen LogP contribution >= 0.6 is 0 Å². The summed E-state index contributed by atoms with van der Waals surface area (Å²) in [5.74, 6) is -0.00222. The second kappa shape index (κ2) is 4.03. The third-order valence-electron chi connectivity index (χ3n) is 2.79. The van der Waals surface area contributed by atoms with E-state index < -0.39 is 0 Å². The highest BCUT2D eigenvalue weighted by molar-refractivity contribution is 6.10. The normalized spacial score (nSPS) is 27.6. The second-order valence-corrected chi connectivity index (χ2v) is 3.84. The molecule has 3 heteroatoms. The van der Waals surface area contributed by atoms with Gasteiger partial charge in [-0.3, -0.25) is 4.79 Å². The van der Waals surface area contributed by atoms with Crippen LogP contribution < -0.4 is 0 Å². The summed E-state index contributed by atoms with van der Waals surface area (Å²) in [6.07, 6.45) is 15.5. The molecule has 84 valence electrons. The van der Waals surface area contributed by atoms with Gasteiger partial charge in [-0.1, -0.05) is 30.4 Å². The standard InChI is InChI=1S/C14H10O3/c15-12-6-3-4-10-8-9-16-17-13-7-2-1-5-11(13)14(10)12/h1-9,13H/b9-8-,14-11?. The van der Waals surface area contributed by atoms with Gasteiger partial charge < -0.3 is 4.89 Å². The SMILES string of the molecule is O=C1C=CC=C2/C=C\OOC3C=CC=CC3=C12. The third-order valence-corrected chi connectivity index (χ3v) is 2.79. The van der Waals surface area contributed by atoms with Crippen molar-refractivity contribution in [2.75, 3.05) is 0 Å². The lowest BCUT2D eigenvalue weighted by Crippen LogP contribution is -2.20. The first-order valence-corrected chi connectivity index (χ1v) is 5.37. The molecule has 0 N–H and O–H groups in total. The van der Waals surface area contributed by atoms with Gasteiger partial charge in [-0.2, -0.15) is 4.89 Å². The molecule has 17 heavy (non-hydrogen) atoms. The van der Waals surface area contributed by atoms with Crippen LogP contribution in [0.2, 0.25) is 0 Å². The number of carbonyl (C=O) groups excluding carboxylic acids is 1. The summed E-state index contributed by atoms with van der Waals surface area (Å²) in [6, 6.07) is 0. The van der Waals surface area contributed by atoms with E-state index in [1.807, 2.05) is 30.4 Å². The van der Waals surface area contributed by atoms with E-state index in [-0.39, 0.29) is 11.9 Å². The molecule has 3 rings (SSSR count). The quantitative estimate of drug-likeness (QED) is 0.594. The number of rotatable bonds is 0. The Bertz CT molecular complexity index is 542. The highest BCUT2D eigenvalue weighted by Gasteiger charge is 2.25. The average Bonchev–Trinajstić information content (AvgIpc) is 2.32. The molecule has 0 saturated carbocycles. The minimum absolute atomic E-state index is 0.00222. The zero-order valence-electron chi connectivity index (χ0n) is 9.00. The van der Waals surface area contributed by atoms with Crippen molar-refractivity contribution in [3.8, 4) is 0 Å². The number of allylic oxidation sites excluding steroid dienone is 8. The minimum Gasteiger partial charge on any atom is -0.345 e. The zero-order valence-corrected chi connectivity index (χ0v) is 9.00. The maximum atomic E-state index is 12.0. The van der Waals surface area contributed by atoms with E-state index in [2.05, 4.69) is 0 Å². The number of carbonyl (C=O) groups is 1. The highest BCUT2D eigenvalue weighted by Crippen LogP contribution is 2.29. The largest absolute Gasteiger partial charge is 0.345 e. The number of hydrogen-bond acceptors (Lipinski definition) is 3. The molecule has 0 saturated heterocycles. The van der Waals surface area contributed by atoms with E-state index in [1.54, 1.807) is 18.2 Å². The van der Waals surface area contributed by atoms with E-state index in [1.165, 1.54) is 6.26 Å². The molecule has 1 heterocycles. The van der Waals surface area contributed by atoms with E-state index >= 15 is 0 Å². The van der Waals surface area contributed by atoms with E-state index in [9.17, 15) is 4.79 Å². The molecule has 1 atom stereocenters. The van der Waals surface area contributed by atoms with E-state index in [0.29, 0.717) is 5.57 Å². The lowest BCUT2D eigenvalue weighted by molar-refractivity contribution is -0.262. The Labute approximate surface area is 98.6 Å². The molecule has 0 radical (unpaired) electrons. The fourth-order valence-corrected chi connectivity index (χ4v) is 2.02. The van der Waals surface area contributed by atoms with Gasteiger partial charge in [0.15, 0.2) is 5.78 Å². The molecule has 0 aromatic carbocycles. The molecule has 0 aromatic rings. The second-order valence-electron chi connectivity index (χ2n) is 3.84. The molecule has 0 spiro atoms. The molecular formula is C14H10O3. The summed E-state index contributed by atoms with van der Waals surface area (Å²) in [5, 5.41) is 0. The summed E-state index contributed by atoms with van der Waals surface area (Å²) < 4.78 is 0. The Morgan fingerprint density at radius 2 is 2.00 bits per heavy atom. The van der Waals surface area contributed by atoms with Crippen molar-refractivity contribution in [3.63, 3.8) is 0 Å². The summed E-state index contributed by atoms with van der Waals surface area (Å²) in [6.45, 7) is 0. The lowest BCUT2D eigenvalue weighted by atomic mass is 9.88. The maximum Gasteiger partial charge on any atom is 0.186 e. The first-order valence-electron chi connectivity index (χ1n) is 5.37. The highest BCUT2D eigenvalue weighted by atomic mass is 17.2. The number of ketones is 1. The van der Waals surface area contributed by atoms with Crippen molar-refractivity contribution in [2.45, 2.75) is 6.10 Å². The molecule has 1 unspecified atom stereocenters. The van der Waals surface area contributed by atoms with E-state index in [0.717, 1.165) is 11.1 Å². The molecule has 0 amide bonds. The van der Waals surface area contributed by atoms with Crippen molar-refractivity contribution in [2.24, 2.45) is 0 Å². The summed E-state index contributed by atoms with van der Waals surface area (Å²) in [5.41, 5.74) is 2.36. The topological polar surface area (TPSA) is 35.5 Å². The van der Waals surface area contributed by atoms with Gasteiger partial charge in [0.1, 0.15) is 12.4 Å². The molecular weight excluding hydrogens is 216 g/mol. The molecule has 3 aliphatic rings. The van der Waals surface area contributed by atoms with Crippen LogP contribution in [-0.2, 0) is 14.6 Å². The number of hydrogen-bond donors (Lipinski definition) is 0. The van der Waals surface area contributed by atoms with Crippen LogP contribution in [0, 0.1) is 0 Å². The monoisotopic (exact) mass is 226 g/mol. The van der Waals surface area contributed by atoms with Crippen molar-refractivity contribution in [1.29, 1.82) is 0 Å². The first kappa shape index (κ1) is 10.1. The summed E-state index contributed by atoms with van der Waals surface area (Å²) in [4.78, 5) is 22.1. The van der Waals surface area contributed by atoms with Crippen molar-refractivity contribution in [3.05, 3.63) is 71.6 Å². The van der Waals surface area contributed by atoms with Gasteiger partial charge in [-0.15, -0.1) is 0 Å². The fourth-order valence-electron chi connectivity index (χ4n) is 2.02. The van der Waals surface area contributed by atoms with Crippen LogP contribution in [0.5, 0.6) is 0 Å². The van der Waals surface area contributed by atoms with Crippen LogP contribution in [0.4, 0.5) is 0 Å². The van der Waals surface area contributed by atoms with Gasteiger partial charge in [0.05, 0.1) is 0 Å². The van der Waals surface area contributed by atoms with Crippen LogP contribution in [-0.4, -0.2) is 11.9 Å². The van der Waals surface area contributed by atoms with Crippen LogP contribution in [0.1, 0.15) is 0 Å². The van der Waals surface area contributed by atoms with Crippen LogP contribution in [0.15, 0.2) is 71.6 Å². The lowest BCUT2D eigenvalue weighted by Gasteiger charge is -2.22. The maximum absolute atomic E-state index is 12.0. The Hall–Kier alpha value is -2.13.